The fourth-order valence-electron chi connectivity index (χ4n) is 2.14. The highest BCUT2D eigenvalue weighted by molar-refractivity contribution is 7.08. The molecule has 2 aromatic rings. The summed E-state index contributed by atoms with van der Waals surface area (Å²) in [6.45, 7) is 7.02. The van der Waals surface area contributed by atoms with Crippen molar-refractivity contribution in [2.75, 3.05) is 7.11 Å². The van der Waals surface area contributed by atoms with Gasteiger partial charge in [0, 0.05) is 12.7 Å². The summed E-state index contributed by atoms with van der Waals surface area (Å²) < 4.78 is 4.89. The zero-order chi connectivity index (χ0) is 16.2. The molecule has 0 spiro atoms. The maximum absolute atomic E-state index is 12.0. The first-order valence-corrected chi connectivity index (χ1v) is 8.15. The zero-order valence-electron chi connectivity index (χ0n) is 13.4. The number of carbonyl (C=O) groups excluding carboxylic acids is 1. The molecule has 0 aliphatic rings. The summed E-state index contributed by atoms with van der Waals surface area (Å²) >= 11 is 1.56. The Morgan fingerprint density at radius 3 is 2.77 bits per heavy atom. The number of nitrogens with zero attached hydrogens (tertiary/aromatic N) is 1. The van der Waals surface area contributed by atoms with Gasteiger partial charge in [-0.1, -0.05) is 20.8 Å². The Morgan fingerprint density at radius 1 is 1.41 bits per heavy atom. The van der Waals surface area contributed by atoms with Crippen molar-refractivity contribution in [3.63, 3.8) is 0 Å². The van der Waals surface area contributed by atoms with Crippen LogP contribution in [-0.4, -0.2) is 18.1 Å². The smallest absolute Gasteiger partial charge is 0.327 e. The molecule has 2 aromatic heterocycles. The lowest BCUT2D eigenvalue weighted by atomic mass is 9.87. The number of esters is 1. The van der Waals surface area contributed by atoms with Crippen LogP contribution in [0.4, 0.5) is 0 Å². The van der Waals surface area contributed by atoms with Gasteiger partial charge in [0.1, 0.15) is 6.04 Å². The molecule has 22 heavy (non-hydrogen) atoms. The first-order chi connectivity index (χ1) is 10.4. The van der Waals surface area contributed by atoms with Crippen LogP contribution < -0.4 is 5.32 Å². The molecule has 0 aliphatic carbocycles. The third-order valence-electron chi connectivity index (χ3n) is 3.48. The predicted octanol–water partition coefficient (Wildman–Crippen LogP) is 3.44. The second kappa shape index (κ2) is 7.03. The second-order valence-electron chi connectivity index (χ2n) is 6.18. The molecule has 0 saturated carbocycles. The number of ether oxygens (including phenoxy) is 1. The largest absolute Gasteiger partial charge is 0.468 e. The molecular formula is C17H22N2O2S. The van der Waals surface area contributed by atoms with Gasteiger partial charge in [-0.3, -0.25) is 10.3 Å². The normalized spacial score (nSPS) is 12.9. The van der Waals surface area contributed by atoms with Crippen LogP contribution in [0.25, 0.3) is 0 Å². The monoisotopic (exact) mass is 318 g/mol. The van der Waals surface area contributed by atoms with E-state index in [0.29, 0.717) is 6.54 Å². The van der Waals surface area contributed by atoms with Crippen LogP contribution in [0.3, 0.4) is 0 Å². The number of rotatable bonds is 5. The predicted molar refractivity (Wildman–Crippen MR) is 88.9 cm³/mol. The van der Waals surface area contributed by atoms with Crippen molar-refractivity contribution >= 4 is 17.3 Å². The van der Waals surface area contributed by atoms with E-state index >= 15 is 0 Å². The van der Waals surface area contributed by atoms with Gasteiger partial charge < -0.3 is 4.74 Å². The van der Waals surface area contributed by atoms with E-state index < -0.39 is 6.04 Å². The molecule has 118 valence electrons. The molecule has 0 radical (unpaired) electrons. The second-order valence-corrected chi connectivity index (χ2v) is 6.96. The Labute approximate surface area is 135 Å². The van der Waals surface area contributed by atoms with Crippen LogP contribution in [0.15, 0.2) is 35.2 Å². The SMILES string of the molecule is COC(=O)C(NCc1cc(C(C)(C)C)ccn1)c1ccsc1. The van der Waals surface area contributed by atoms with Gasteiger partial charge in [-0.2, -0.15) is 11.3 Å². The lowest BCUT2D eigenvalue weighted by Gasteiger charge is -2.20. The van der Waals surface area contributed by atoms with Crippen LogP contribution in [0.2, 0.25) is 0 Å². The maximum Gasteiger partial charge on any atom is 0.327 e. The minimum absolute atomic E-state index is 0.0762. The average molecular weight is 318 g/mol. The number of nitrogens with one attached hydrogen (secondary N) is 1. The highest BCUT2D eigenvalue weighted by Gasteiger charge is 2.21. The van der Waals surface area contributed by atoms with E-state index in [9.17, 15) is 4.79 Å². The molecule has 2 rings (SSSR count). The summed E-state index contributed by atoms with van der Waals surface area (Å²) in [7, 11) is 1.40. The van der Waals surface area contributed by atoms with Gasteiger partial charge in [0.15, 0.2) is 0 Å². The Morgan fingerprint density at radius 2 is 2.18 bits per heavy atom. The van der Waals surface area contributed by atoms with E-state index in [2.05, 4.69) is 37.1 Å². The molecule has 0 aromatic carbocycles. The fourth-order valence-corrected chi connectivity index (χ4v) is 2.83. The molecule has 0 saturated heterocycles. The minimum atomic E-state index is -0.462. The average Bonchev–Trinajstić information content (AvgIpc) is 3.00. The molecule has 0 amide bonds. The minimum Gasteiger partial charge on any atom is -0.468 e. The van der Waals surface area contributed by atoms with Crippen LogP contribution in [-0.2, 0) is 21.5 Å². The van der Waals surface area contributed by atoms with Gasteiger partial charge in [0.05, 0.1) is 12.8 Å². The number of carbonyl (C=O) groups is 1. The molecule has 0 fully saturated rings. The highest BCUT2D eigenvalue weighted by Crippen LogP contribution is 2.22. The maximum atomic E-state index is 12.0. The number of hydrogen-bond donors (Lipinski definition) is 1. The van der Waals surface area contributed by atoms with Crippen LogP contribution in [0.5, 0.6) is 0 Å². The third-order valence-corrected chi connectivity index (χ3v) is 4.18. The Balaban J connectivity index is 2.11. The van der Waals surface area contributed by atoms with E-state index in [0.717, 1.165) is 11.3 Å². The molecule has 2 heterocycles. The van der Waals surface area contributed by atoms with Crippen molar-refractivity contribution in [3.8, 4) is 0 Å². The molecule has 1 unspecified atom stereocenters. The molecule has 0 aliphatic heterocycles. The summed E-state index contributed by atoms with van der Waals surface area (Å²) in [5.41, 5.74) is 3.14. The van der Waals surface area contributed by atoms with Gasteiger partial charge in [-0.15, -0.1) is 0 Å². The van der Waals surface area contributed by atoms with Gasteiger partial charge in [-0.25, -0.2) is 4.79 Å². The van der Waals surface area contributed by atoms with Crippen LogP contribution in [0.1, 0.15) is 43.6 Å². The van der Waals surface area contributed by atoms with Crippen LogP contribution >= 0.6 is 11.3 Å². The molecule has 1 atom stereocenters. The summed E-state index contributed by atoms with van der Waals surface area (Å²) in [6, 6.07) is 5.57. The van der Waals surface area contributed by atoms with Crippen molar-refractivity contribution in [1.82, 2.24) is 10.3 Å². The summed E-state index contributed by atoms with van der Waals surface area (Å²) in [4.78, 5) is 16.3. The number of hydrogen-bond acceptors (Lipinski definition) is 5. The number of methoxy groups -OCH3 is 1. The highest BCUT2D eigenvalue weighted by atomic mass is 32.1. The van der Waals surface area contributed by atoms with E-state index in [1.165, 1.54) is 12.7 Å². The Hall–Kier alpha value is -1.72. The summed E-state index contributed by atoms with van der Waals surface area (Å²) in [5.74, 6) is -0.287. The summed E-state index contributed by atoms with van der Waals surface area (Å²) in [6.07, 6.45) is 1.81. The first kappa shape index (κ1) is 16.6. The molecule has 4 nitrogen and oxygen atoms in total. The lowest BCUT2D eigenvalue weighted by molar-refractivity contribution is -0.143. The quantitative estimate of drug-likeness (QED) is 0.858. The van der Waals surface area contributed by atoms with Crippen LogP contribution in [0, 0.1) is 0 Å². The zero-order valence-corrected chi connectivity index (χ0v) is 14.2. The Kier molecular flexibility index (Phi) is 5.32. The number of thiophene rings is 1. The fraction of sp³-hybridized carbons (Fsp3) is 0.412. The van der Waals surface area contributed by atoms with E-state index in [1.807, 2.05) is 29.1 Å². The van der Waals surface area contributed by atoms with Crippen molar-refractivity contribution in [1.29, 1.82) is 0 Å². The van der Waals surface area contributed by atoms with Gasteiger partial charge in [-0.05, 0) is 45.5 Å². The topological polar surface area (TPSA) is 51.2 Å². The standard InChI is InChI=1S/C17H22N2O2S/c1-17(2,3)13-5-7-18-14(9-13)10-19-15(16(20)21-4)12-6-8-22-11-12/h5-9,11,15,19H,10H2,1-4H3. The van der Waals surface area contributed by atoms with Gasteiger partial charge >= 0.3 is 5.97 Å². The molecular weight excluding hydrogens is 296 g/mol. The number of pyridine rings is 1. The lowest BCUT2D eigenvalue weighted by Crippen LogP contribution is -2.29. The third kappa shape index (κ3) is 4.15. The Bertz CT molecular complexity index is 618. The summed E-state index contributed by atoms with van der Waals surface area (Å²) in [5, 5.41) is 7.14. The van der Waals surface area contributed by atoms with Crippen molar-refractivity contribution < 1.29 is 9.53 Å². The number of aromatic nitrogens is 1. The van der Waals surface area contributed by atoms with E-state index in [4.69, 9.17) is 4.74 Å². The van der Waals surface area contributed by atoms with Crippen molar-refractivity contribution in [3.05, 3.63) is 52.0 Å². The van der Waals surface area contributed by atoms with E-state index in [1.54, 1.807) is 11.3 Å². The van der Waals surface area contributed by atoms with Gasteiger partial charge in [0.25, 0.3) is 0 Å². The molecule has 1 N–H and O–H groups in total. The first-order valence-electron chi connectivity index (χ1n) is 7.20. The van der Waals surface area contributed by atoms with Gasteiger partial charge in [0.2, 0.25) is 0 Å². The van der Waals surface area contributed by atoms with Crippen molar-refractivity contribution in [2.45, 2.75) is 38.8 Å². The van der Waals surface area contributed by atoms with Crippen molar-refractivity contribution in [2.24, 2.45) is 0 Å². The molecule has 5 heteroatoms. The molecule has 0 bridgehead atoms. The van der Waals surface area contributed by atoms with E-state index in [-0.39, 0.29) is 11.4 Å².